The van der Waals surface area contributed by atoms with E-state index >= 15 is 0 Å². The Morgan fingerprint density at radius 1 is 1.26 bits per heavy atom. The monoisotopic (exact) mass is 579 g/mol. The van der Waals surface area contributed by atoms with E-state index < -0.39 is 41.1 Å². The van der Waals surface area contributed by atoms with Gasteiger partial charge in [-0.3, -0.25) is 14.4 Å². The van der Waals surface area contributed by atoms with Crippen molar-refractivity contribution in [3.8, 4) is 0 Å². The van der Waals surface area contributed by atoms with E-state index in [1.807, 2.05) is 45.0 Å². The molecule has 3 aliphatic heterocycles. The van der Waals surface area contributed by atoms with Crippen LogP contribution < -0.4 is 0 Å². The van der Waals surface area contributed by atoms with Crippen molar-refractivity contribution in [2.24, 2.45) is 17.8 Å². The fraction of sp³-hybridized carbons (Fsp3) is 0.581. The van der Waals surface area contributed by atoms with Gasteiger partial charge < -0.3 is 24.4 Å². The number of rotatable bonds is 13. The van der Waals surface area contributed by atoms with Gasteiger partial charge in [0.25, 0.3) is 0 Å². The van der Waals surface area contributed by atoms with Crippen molar-refractivity contribution in [2.45, 2.75) is 76.4 Å². The molecule has 1 spiro atoms. The molecule has 11 nitrogen and oxygen atoms in total. The predicted octanol–water partition coefficient (Wildman–Crippen LogP) is 2.69. The number of ether oxygens (including phenoxy) is 2. The number of fused-ring (bicyclic) bond motifs is 2. The fourth-order valence-electron chi connectivity index (χ4n) is 7.43. The van der Waals surface area contributed by atoms with Crippen molar-refractivity contribution in [3.63, 3.8) is 0 Å². The van der Waals surface area contributed by atoms with Gasteiger partial charge in [-0.25, -0.2) is 4.68 Å². The number of aromatic nitrogens is 3. The summed E-state index contributed by atoms with van der Waals surface area (Å²) >= 11 is 0. The van der Waals surface area contributed by atoms with Crippen LogP contribution in [-0.4, -0.2) is 90.7 Å². The standard InChI is InChI=1S/C31H41N5O6/c1-6-16-34(19-35-22-13-11-10-12-21(22)32-33-35)28(39)26-31-15-14-30(9-4,42-31)25(29(40)41-17-7-2)24(31)27(38)36(26)23(18-37)20(5)8-3/h6-7,10-13,20,23-26,37H,1-2,8-9,14-19H2,3-5H3/t20-,23-,24-,25-,26?,30+,31?/m0/s1. The van der Waals surface area contributed by atoms with Crippen LogP contribution in [0.15, 0.2) is 49.6 Å². The van der Waals surface area contributed by atoms with E-state index in [2.05, 4.69) is 23.5 Å². The van der Waals surface area contributed by atoms with Gasteiger partial charge in [-0.2, -0.15) is 0 Å². The van der Waals surface area contributed by atoms with E-state index in [1.165, 1.54) is 11.0 Å². The van der Waals surface area contributed by atoms with Crippen molar-refractivity contribution >= 4 is 28.8 Å². The Balaban J connectivity index is 1.61. The molecule has 1 aromatic heterocycles. The highest BCUT2D eigenvalue weighted by molar-refractivity contribution is 5.98. The third kappa shape index (κ3) is 4.44. The SMILES string of the molecule is C=CCOC(=O)[C@@H]1[C@H]2C(=O)N([C@@H](CO)[C@@H](C)CC)C(C(=O)N(CC=C)Cn3nnc4ccccc43)C23CC[C@@]1(CC)O3. The molecule has 11 heteroatoms. The topological polar surface area (TPSA) is 127 Å². The lowest BCUT2D eigenvalue weighted by Crippen LogP contribution is -2.60. The van der Waals surface area contributed by atoms with E-state index in [0.717, 1.165) is 5.52 Å². The molecule has 0 radical (unpaired) electrons. The predicted molar refractivity (Wildman–Crippen MR) is 155 cm³/mol. The molecule has 2 amide bonds. The van der Waals surface area contributed by atoms with Crippen molar-refractivity contribution in [3.05, 3.63) is 49.6 Å². The largest absolute Gasteiger partial charge is 0.461 e. The Bertz CT molecular complexity index is 1380. The van der Waals surface area contributed by atoms with Crippen LogP contribution in [0.1, 0.15) is 46.5 Å². The van der Waals surface area contributed by atoms with Gasteiger partial charge in [0.15, 0.2) is 0 Å². The maximum absolute atomic E-state index is 14.8. The second-order valence-electron chi connectivity index (χ2n) is 11.7. The minimum Gasteiger partial charge on any atom is -0.461 e. The van der Waals surface area contributed by atoms with Gasteiger partial charge in [0, 0.05) is 6.54 Å². The minimum atomic E-state index is -1.24. The number of carbonyl (C=O) groups excluding carboxylic acids is 3. The van der Waals surface area contributed by atoms with E-state index in [4.69, 9.17) is 9.47 Å². The number of hydrogen-bond donors (Lipinski definition) is 1. The van der Waals surface area contributed by atoms with Crippen LogP contribution in [-0.2, 0) is 30.5 Å². The highest BCUT2D eigenvalue weighted by Crippen LogP contribution is 2.65. The van der Waals surface area contributed by atoms with E-state index in [-0.39, 0.29) is 44.2 Å². The van der Waals surface area contributed by atoms with Gasteiger partial charge in [0.2, 0.25) is 11.8 Å². The van der Waals surface area contributed by atoms with Crippen molar-refractivity contribution in [1.82, 2.24) is 24.8 Å². The van der Waals surface area contributed by atoms with E-state index in [1.54, 1.807) is 15.7 Å². The number of amides is 2. The smallest absolute Gasteiger partial charge is 0.313 e. The first-order valence-electron chi connectivity index (χ1n) is 14.8. The summed E-state index contributed by atoms with van der Waals surface area (Å²) in [4.78, 5) is 45.9. The molecule has 4 heterocycles. The van der Waals surface area contributed by atoms with Gasteiger partial charge in [-0.1, -0.05) is 63.3 Å². The number of likely N-dealkylation sites (tertiary alicyclic amines) is 1. The molecule has 42 heavy (non-hydrogen) atoms. The lowest BCUT2D eigenvalue weighted by molar-refractivity contribution is -0.164. The number of nitrogens with zero attached hydrogens (tertiary/aromatic N) is 5. The molecule has 2 unspecified atom stereocenters. The normalized spacial score (nSPS) is 29.4. The Morgan fingerprint density at radius 2 is 2.02 bits per heavy atom. The fourth-order valence-corrected chi connectivity index (χ4v) is 7.43. The number of aliphatic hydroxyl groups excluding tert-OH is 1. The summed E-state index contributed by atoms with van der Waals surface area (Å²) < 4.78 is 14.0. The average Bonchev–Trinajstić information content (AvgIpc) is 3.73. The summed E-state index contributed by atoms with van der Waals surface area (Å²) in [6.07, 6.45) is 5.23. The number of esters is 1. The molecular weight excluding hydrogens is 538 g/mol. The summed E-state index contributed by atoms with van der Waals surface area (Å²) in [6, 6.07) is 5.77. The quantitative estimate of drug-likeness (QED) is 0.284. The highest BCUT2D eigenvalue weighted by Gasteiger charge is 2.79. The molecule has 1 N–H and O–H groups in total. The van der Waals surface area contributed by atoms with Gasteiger partial charge in [0.1, 0.15) is 36.4 Å². The number of benzene rings is 1. The van der Waals surface area contributed by atoms with Gasteiger partial charge >= 0.3 is 5.97 Å². The molecule has 2 bridgehead atoms. The van der Waals surface area contributed by atoms with Crippen LogP contribution in [0.25, 0.3) is 11.0 Å². The number of hydrogen-bond acceptors (Lipinski definition) is 8. The van der Waals surface area contributed by atoms with Gasteiger partial charge in [0.05, 0.1) is 29.7 Å². The molecular formula is C31H41N5O6. The van der Waals surface area contributed by atoms with Crippen LogP contribution in [0.3, 0.4) is 0 Å². The number of carbonyl (C=O) groups is 3. The maximum atomic E-state index is 14.8. The zero-order valence-electron chi connectivity index (χ0n) is 24.6. The van der Waals surface area contributed by atoms with Crippen molar-refractivity contribution in [2.75, 3.05) is 19.8 Å². The van der Waals surface area contributed by atoms with E-state index in [0.29, 0.717) is 31.2 Å². The summed E-state index contributed by atoms with van der Waals surface area (Å²) in [5.41, 5.74) is -0.706. The summed E-state index contributed by atoms with van der Waals surface area (Å²) in [5.74, 6) is -3.11. The summed E-state index contributed by atoms with van der Waals surface area (Å²) in [6.45, 7) is 13.3. The molecule has 226 valence electrons. The minimum absolute atomic E-state index is 0.0141. The lowest BCUT2D eigenvalue weighted by Gasteiger charge is -2.41. The Labute approximate surface area is 246 Å². The second kappa shape index (κ2) is 11.6. The molecule has 3 saturated heterocycles. The number of aliphatic hydroxyl groups is 1. The molecule has 7 atom stereocenters. The first kappa shape index (κ1) is 29.9. The Hall–Kier alpha value is -3.57. The summed E-state index contributed by atoms with van der Waals surface area (Å²) in [7, 11) is 0. The first-order valence-corrected chi connectivity index (χ1v) is 14.8. The zero-order valence-corrected chi connectivity index (χ0v) is 24.6. The van der Waals surface area contributed by atoms with Crippen LogP contribution in [0.2, 0.25) is 0 Å². The van der Waals surface area contributed by atoms with Crippen LogP contribution in [0, 0.1) is 17.8 Å². The van der Waals surface area contributed by atoms with Crippen LogP contribution in [0.5, 0.6) is 0 Å². The Morgan fingerprint density at radius 3 is 2.69 bits per heavy atom. The number of para-hydroxylation sites is 1. The molecule has 3 aliphatic rings. The van der Waals surface area contributed by atoms with Crippen molar-refractivity contribution in [1.29, 1.82) is 0 Å². The molecule has 5 rings (SSSR count). The first-order chi connectivity index (χ1) is 20.2. The molecule has 3 fully saturated rings. The van der Waals surface area contributed by atoms with Gasteiger partial charge in [-0.15, -0.1) is 11.7 Å². The third-order valence-electron chi connectivity index (χ3n) is 9.68. The zero-order chi connectivity index (χ0) is 30.2. The highest BCUT2D eigenvalue weighted by atomic mass is 16.6. The van der Waals surface area contributed by atoms with Gasteiger partial charge in [-0.05, 0) is 37.3 Å². The molecule has 1 aromatic carbocycles. The molecule has 0 aliphatic carbocycles. The maximum Gasteiger partial charge on any atom is 0.313 e. The van der Waals surface area contributed by atoms with Crippen LogP contribution >= 0.6 is 0 Å². The third-order valence-corrected chi connectivity index (χ3v) is 9.68. The Kier molecular flexibility index (Phi) is 8.26. The summed E-state index contributed by atoms with van der Waals surface area (Å²) in [5, 5.41) is 19.1. The van der Waals surface area contributed by atoms with E-state index in [9.17, 15) is 19.5 Å². The molecule has 2 aromatic rings. The average molecular weight is 580 g/mol. The lowest BCUT2D eigenvalue weighted by atomic mass is 9.65. The van der Waals surface area contributed by atoms with Crippen molar-refractivity contribution < 1.29 is 29.0 Å². The van der Waals surface area contributed by atoms with Crippen LogP contribution in [0.4, 0.5) is 0 Å². The molecule has 0 saturated carbocycles. The second-order valence-corrected chi connectivity index (χ2v) is 11.7.